The molecule has 1 N–H and O–H groups in total. The maximum atomic E-state index is 13.1. The Morgan fingerprint density at radius 1 is 1.21 bits per heavy atom. The number of rotatable bonds is 1. The number of hydrogen-bond donors (Lipinski definition) is 1. The number of nitrogens with zero attached hydrogens (tertiary/aromatic N) is 1. The van der Waals surface area contributed by atoms with Crippen molar-refractivity contribution in [3.63, 3.8) is 0 Å². The molecule has 0 saturated heterocycles. The Morgan fingerprint density at radius 3 is 2.95 bits per heavy atom. The Morgan fingerprint density at radius 2 is 2.11 bits per heavy atom. The highest BCUT2D eigenvalue weighted by atomic mass is 35.5. The third-order valence-electron chi connectivity index (χ3n) is 2.71. The van der Waals surface area contributed by atoms with E-state index in [0.29, 0.717) is 23.3 Å². The minimum Gasteiger partial charge on any atom is -0.460 e. The summed E-state index contributed by atoms with van der Waals surface area (Å²) in [7, 11) is 0. The molecule has 1 heterocycles. The lowest BCUT2D eigenvalue weighted by Gasteiger charge is -2.17. The number of hydrogen-bond acceptors (Lipinski definition) is 3. The highest BCUT2D eigenvalue weighted by molar-refractivity contribution is 6.30. The van der Waals surface area contributed by atoms with E-state index in [-0.39, 0.29) is 5.82 Å². The second-order valence-corrected chi connectivity index (χ2v) is 4.55. The van der Waals surface area contributed by atoms with Gasteiger partial charge in [0.15, 0.2) is 0 Å². The van der Waals surface area contributed by atoms with Crippen LogP contribution in [0.4, 0.5) is 15.8 Å². The molecule has 0 radical (unpaired) electrons. The lowest BCUT2D eigenvalue weighted by Crippen LogP contribution is -2.18. The van der Waals surface area contributed by atoms with Crippen molar-refractivity contribution in [1.82, 2.24) is 0 Å². The molecule has 1 aliphatic rings. The molecule has 0 saturated carbocycles. The number of aliphatic imine (C=N–C) groups is 1. The fourth-order valence-corrected chi connectivity index (χ4v) is 1.97. The number of halogens is 2. The van der Waals surface area contributed by atoms with Gasteiger partial charge in [0.1, 0.15) is 12.4 Å². The molecule has 0 amide bonds. The van der Waals surface area contributed by atoms with Crippen LogP contribution in [0.2, 0.25) is 5.02 Å². The molecule has 3 rings (SSSR count). The SMILES string of the molecule is Fc1cccc(NC2=Nc3cc(Cl)ccc3CO2)c1. The van der Waals surface area contributed by atoms with E-state index >= 15 is 0 Å². The molecule has 2 aromatic rings. The minimum atomic E-state index is -0.315. The van der Waals surface area contributed by atoms with Gasteiger partial charge in [-0.2, -0.15) is 4.99 Å². The number of benzene rings is 2. The van der Waals surface area contributed by atoms with E-state index < -0.39 is 0 Å². The van der Waals surface area contributed by atoms with Crippen molar-refractivity contribution in [1.29, 1.82) is 0 Å². The Labute approximate surface area is 114 Å². The molecule has 1 aliphatic heterocycles. The van der Waals surface area contributed by atoms with Gasteiger partial charge in [-0.1, -0.05) is 23.7 Å². The maximum Gasteiger partial charge on any atom is 0.294 e. The zero-order valence-corrected chi connectivity index (χ0v) is 10.6. The summed E-state index contributed by atoms with van der Waals surface area (Å²) >= 11 is 5.93. The van der Waals surface area contributed by atoms with Crippen molar-refractivity contribution in [3.8, 4) is 0 Å². The van der Waals surface area contributed by atoms with Gasteiger partial charge in [-0.05, 0) is 30.3 Å². The van der Waals surface area contributed by atoms with Crippen LogP contribution < -0.4 is 5.32 Å². The second-order valence-electron chi connectivity index (χ2n) is 4.11. The molecule has 3 nitrogen and oxygen atoms in total. The number of ether oxygens (including phenoxy) is 1. The lowest BCUT2D eigenvalue weighted by atomic mass is 10.2. The first-order chi connectivity index (χ1) is 9.20. The number of fused-ring (bicyclic) bond motifs is 1. The van der Waals surface area contributed by atoms with Crippen LogP contribution in [0.1, 0.15) is 5.56 Å². The number of anilines is 1. The van der Waals surface area contributed by atoms with E-state index in [4.69, 9.17) is 16.3 Å². The van der Waals surface area contributed by atoms with E-state index in [2.05, 4.69) is 10.3 Å². The fourth-order valence-electron chi connectivity index (χ4n) is 1.80. The molecule has 96 valence electrons. The Hall–Kier alpha value is -2.07. The van der Waals surface area contributed by atoms with Gasteiger partial charge in [0.25, 0.3) is 6.02 Å². The summed E-state index contributed by atoms with van der Waals surface area (Å²) in [4.78, 5) is 4.31. The lowest BCUT2D eigenvalue weighted by molar-refractivity contribution is 0.286. The highest BCUT2D eigenvalue weighted by Crippen LogP contribution is 2.28. The average molecular weight is 277 g/mol. The summed E-state index contributed by atoms with van der Waals surface area (Å²) in [5.74, 6) is -0.315. The van der Waals surface area contributed by atoms with Crippen LogP contribution in [0.5, 0.6) is 0 Å². The van der Waals surface area contributed by atoms with Gasteiger partial charge in [0, 0.05) is 16.3 Å². The first kappa shape index (κ1) is 12.0. The summed E-state index contributed by atoms with van der Waals surface area (Å²) in [6, 6.07) is 11.9. The minimum absolute atomic E-state index is 0.315. The van der Waals surface area contributed by atoms with Crippen molar-refractivity contribution in [3.05, 3.63) is 58.9 Å². The molecule has 0 bridgehead atoms. The predicted octanol–water partition coefficient (Wildman–Crippen LogP) is 4.11. The largest absolute Gasteiger partial charge is 0.460 e. The zero-order valence-electron chi connectivity index (χ0n) is 9.86. The second kappa shape index (κ2) is 4.90. The predicted molar refractivity (Wildman–Crippen MR) is 73.4 cm³/mol. The van der Waals surface area contributed by atoms with E-state index in [1.54, 1.807) is 24.3 Å². The van der Waals surface area contributed by atoms with E-state index in [9.17, 15) is 4.39 Å². The first-order valence-electron chi connectivity index (χ1n) is 5.73. The van der Waals surface area contributed by atoms with Crippen molar-refractivity contribution in [2.45, 2.75) is 6.61 Å². The molecule has 2 aromatic carbocycles. The van der Waals surface area contributed by atoms with Crippen LogP contribution in [-0.2, 0) is 11.3 Å². The van der Waals surface area contributed by atoms with Gasteiger partial charge in [-0.15, -0.1) is 0 Å². The summed E-state index contributed by atoms with van der Waals surface area (Å²) in [5, 5.41) is 3.55. The third kappa shape index (κ3) is 2.69. The summed E-state index contributed by atoms with van der Waals surface area (Å²) in [5.41, 5.74) is 2.32. The van der Waals surface area contributed by atoms with Gasteiger partial charge < -0.3 is 10.1 Å². The smallest absolute Gasteiger partial charge is 0.294 e. The standard InChI is InChI=1S/C14H10ClFN2O/c15-10-5-4-9-8-19-14(18-13(9)6-10)17-12-3-1-2-11(16)7-12/h1-7H,8H2,(H,17,18). The normalized spacial score (nSPS) is 13.3. The molecule has 0 aromatic heterocycles. The van der Waals surface area contributed by atoms with Crippen LogP contribution in [-0.4, -0.2) is 6.02 Å². The molecule has 5 heteroatoms. The number of amidine groups is 1. The summed E-state index contributed by atoms with van der Waals surface area (Å²) in [6.45, 7) is 0.410. The monoisotopic (exact) mass is 276 g/mol. The van der Waals surface area contributed by atoms with Crippen LogP contribution >= 0.6 is 11.6 Å². The summed E-state index contributed by atoms with van der Waals surface area (Å²) < 4.78 is 18.5. The highest BCUT2D eigenvalue weighted by Gasteiger charge is 2.13. The zero-order chi connectivity index (χ0) is 13.2. The quantitative estimate of drug-likeness (QED) is 0.850. The summed E-state index contributed by atoms with van der Waals surface area (Å²) in [6.07, 6.45) is 0. The topological polar surface area (TPSA) is 33.6 Å². The van der Waals surface area contributed by atoms with Crippen molar-refractivity contribution < 1.29 is 9.13 Å². The van der Waals surface area contributed by atoms with Gasteiger partial charge in [-0.25, -0.2) is 4.39 Å². The van der Waals surface area contributed by atoms with Crippen LogP contribution in [0.3, 0.4) is 0 Å². The molecule has 0 unspecified atom stereocenters. The van der Waals surface area contributed by atoms with Gasteiger partial charge in [0.2, 0.25) is 0 Å². The average Bonchev–Trinajstić information content (AvgIpc) is 2.38. The third-order valence-corrected chi connectivity index (χ3v) is 2.94. The van der Waals surface area contributed by atoms with Crippen molar-refractivity contribution >= 4 is 29.0 Å². The first-order valence-corrected chi connectivity index (χ1v) is 6.11. The van der Waals surface area contributed by atoms with E-state index in [1.165, 1.54) is 12.1 Å². The Bertz CT molecular complexity index is 658. The van der Waals surface area contributed by atoms with Crippen LogP contribution in [0, 0.1) is 5.82 Å². The Balaban J connectivity index is 1.87. The van der Waals surface area contributed by atoms with Crippen LogP contribution in [0.25, 0.3) is 0 Å². The molecule has 19 heavy (non-hydrogen) atoms. The molecule has 0 aliphatic carbocycles. The van der Waals surface area contributed by atoms with Gasteiger partial charge in [-0.3, -0.25) is 0 Å². The van der Waals surface area contributed by atoms with Crippen molar-refractivity contribution in [2.75, 3.05) is 5.32 Å². The molecule has 0 spiro atoms. The molecule has 0 fully saturated rings. The van der Waals surface area contributed by atoms with Gasteiger partial charge in [0.05, 0.1) is 5.69 Å². The van der Waals surface area contributed by atoms with Crippen molar-refractivity contribution in [2.24, 2.45) is 4.99 Å². The van der Waals surface area contributed by atoms with Crippen LogP contribution in [0.15, 0.2) is 47.5 Å². The molecule has 0 atom stereocenters. The Kier molecular flexibility index (Phi) is 3.09. The number of nitrogens with one attached hydrogen (secondary N) is 1. The molecular weight excluding hydrogens is 267 g/mol. The maximum absolute atomic E-state index is 13.1. The van der Waals surface area contributed by atoms with E-state index in [1.807, 2.05) is 6.07 Å². The van der Waals surface area contributed by atoms with Gasteiger partial charge >= 0.3 is 0 Å². The van der Waals surface area contributed by atoms with E-state index in [0.717, 1.165) is 11.3 Å². The fraction of sp³-hybridized carbons (Fsp3) is 0.0714. The molecular formula is C14H10ClFN2O.